The minimum Gasteiger partial charge on any atom is -0.419 e. The molecule has 0 spiro atoms. The zero-order chi connectivity index (χ0) is 20.8. The Morgan fingerprint density at radius 3 is 2.55 bits per heavy atom. The number of para-hydroxylation sites is 1. The van der Waals surface area contributed by atoms with Gasteiger partial charge in [-0.15, -0.1) is 11.3 Å². The summed E-state index contributed by atoms with van der Waals surface area (Å²) in [7, 11) is 0. The van der Waals surface area contributed by atoms with Crippen LogP contribution >= 0.6 is 11.3 Å². The third-order valence-electron chi connectivity index (χ3n) is 4.12. The minimum atomic E-state index is -1.32. The highest BCUT2D eigenvalue weighted by Crippen LogP contribution is 2.26. The van der Waals surface area contributed by atoms with Gasteiger partial charge in [0.25, 0.3) is 5.79 Å². The predicted molar refractivity (Wildman–Crippen MR) is 105 cm³/mol. The lowest BCUT2D eigenvalue weighted by Crippen LogP contribution is -2.42. The van der Waals surface area contributed by atoms with E-state index in [0.717, 1.165) is 5.69 Å². The number of carbonyl (C=O) groups is 2. The predicted octanol–water partition coefficient (Wildman–Crippen LogP) is 2.26. The zero-order valence-electron chi connectivity index (χ0n) is 15.8. The molecule has 10 heteroatoms. The summed E-state index contributed by atoms with van der Waals surface area (Å²) >= 11 is 1.33. The van der Waals surface area contributed by atoms with E-state index < -0.39 is 23.3 Å². The molecule has 9 nitrogen and oxygen atoms in total. The molecule has 0 saturated carbocycles. The number of esters is 2. The van der Waals surface area contributed by atoms with Gasteiger partial charge in [0.2, 0.25) is 4.96 Å². The standard InChI is InChI=1S/C19H16N4O5S/c1-10-9-29-18-21-15(24)14(22-23(10)18)11-6-4-5-7-13(11)20-8-12-16(25)27-19(2,3)28-17(12)26/h4-9,20H,1-3H3. The van der Waals surface area contributed by atoms with Gasteiger partial charge in [0.1, 0.15) is 0 Å². The molecule has 1 fully saturated rings. The molecule has 3 aromatic rings. The molecule has 1 aliphatic rings. The topological polar surface area (TPSA) is 112 Å². The molecule has 0 amide bonds. The van der Waals surface area contributed by atoms with E-state index in [1.807, 2.05) is 12.3 Å². The van der Waals surface area contributed by atoms with Crippen molar-refractivity contribution < 1.29 is 19.1 Å². The summed E-state index contributed by atoms with van der Waals surface area (Å²) in [5.41, 5.74) is 1.16. The largest absolute Gasteiger partial charge is 0.419 e. The molecule has 0 radical (unpaired) electrons. The van der Waals surface area contributed by atoms with E-state index in [-0.39, 0.29) is 11.3 Å². The molecule has 1 N–H and O–H groups in total. The Bertz CT molecular complexity index is 1220. The van der Waals surface area contributed by atoms with Crippen LogP contribution in [0, 0.1) is 6.92 Å². The molecule has 1 aliphatic heterocycles. The average molecular weight is 412 g/mol. The van der Waals surface area contributed by atoms with Gasteiger partial charge in [-0.25, -0.2) is 14.1 Å². The number of anilines is 1. The smallest absolute Gasteiger partial charge is 0.350 e. The van der Waals surface area contributed by atoms with Gasteiger partial charge in [-0.1, -0.05) is 18.2 Å². The van der Waals surface area contributed by atoms with Crippen LogP contribution in [0.25, 0.3) is 16.2 Å². The number of nitrogens with zero attached hydrogens (tertiary/aromatic N) is 3. The van der Waals surface area contributed by atoms with E-state index in [1.165, 1.54) is 31.4 Å². The number of benzene rings is 1. The molecule has 29 heavy (non-hydrogen) atoms. The summed E-state index contributed by atoms with van der Waals surface area (Å²) in [5, 5.41) is 9.15. The Hall–Kier alpha value is -3.53. The SMILES string of the molecule is Cc1csc2nc(=O)c(-c3ccccc3NC=C3C(=O)OC(C)(C)OC3=O)nn12. The Balaban J connectivity index is 1.73. The molecule has 3 heterocycles. The van der Waals surface area contributed by atoms with Gasteiger partial charge in [-0.2, -0.15) is 10.1 Å². The second-order valence-electron chi connectivity index (χ2n) is 6.76. The van der Waals surface area contributed by atoms with Gasteiger partial charge in [-0.05, 0) is 13.0 Å². The first-order valence-electron chi connectivity index (χ1n) is 8.63. The van der Waals surface area contributed by atoms with E-state index in [0.29, 0.717) is 16.2 Å². The summed E-state index contributed by atoms with van der Waals surface area (Å²) in [4.78, 5) is 41.3. The van der Waals surface area contributed by atoms with Crippen molar-refractivity contribution >= 4 is 33.9 Å². The zero-order valence-corrected chi connectivity index (χ0v) is 16.6. The van der Waals surface area contributed by atoms with Crippen molar-refractivity contribution in [2.24, 2.45) is 0 Å². The van der Waals surface area contributed by atoms with Crippen molar-refractivity contribution in [1.82, 2.24) is 14.6 Å². The summed E-state index contributed by atoms with van der Waals surface area (Å²) in [5.74, 6) is -2.92. The summed E-state index contributed by atoms with van der Waals surface area (Å²) in [6.07, 6.45) is 1.19. The fourth-order valence-electron chi connectivity index (χ4n) is 2.78. The van der Waals surface area contributed by atoms with Gasteiger partial charge in [0.15, 0.2) is 11.3 Å². The first kappa shape index (κ1) is 18.8. The molecular weight excluding hydrogens is 396 g/mol. The first-order valence-corrected chi connectivity index (χ1v) is 9.51. The van der Waals surface area contributed by atoms with Crippen LogP contribution in [0.4, 0.5) is 5.69 Å². The van der Waals surface area contributed by atoms with Crippen LogP contribution < -0.4 is 10.9 Å². The molecule has 1 aromatic carbocycles. The maximum atomic E-state index is 12.5. The minimum absolute atomic E-state index is 0.139. The fraction of sp³-hybridized carbons (Fsp3) is 0.211. The second kappa shape index (κ2) is 6.82. The number of aromatic nitrogens is 3. The van der Waals surface area contributed by atoms with Crippen LogP contribution in [0.5, 0.6) is 0 Å². The Labute approximate surface area is 168 Å². The maximum absolute atomic E-state index is 12.5. The van der Waals surface area contributed by atoms with Crippen molar-refractivity contribution in [3.63, 3.8) is 0 Å². The highest BCUT2D eigenvalue weighted by atomic mass is 32.1. The normalized spacial score (nSPS) is 15.8. The molecule has 0 bridgehead atoms. The number of aryl methyl sites for hydroxylation is 1. The molecule has 0 unspecified atom stereocenters. The van der Waals surface area contributed by atoms with Gasteiger partial charge >= 0.3 is 17.5 Å². The summed E-state index contributed by atoms with van der Waals surface area (Å²) in [6.45, 7) is 4.80. The third-order valence-corrected chi connectivity index (χ3v) is 5.05. The van der Waals surface area contributed by atoms with E-state index in [2.05, 4.69) is 15.4 Å². The van der Waals surface area contributed by atoms with Crippen LogP contribution in [0.1, 0.15) is 19.5 Å². The second-order valence-corrected chi connectivity index (χ2v) is 7.60. The van der Waals surface area contributed by atoms with E-state index in [4.69, 9.17) is 9.47 Å². The third kappa shape index (κ3) is 3.49. The van der Waals surface area contributed by atoms with Crippen LogP contribution in [0.2, 0.25) is 0 Å². The maximum Gasteiger partial charge on any atom is 0.350 e. The Morgan fingerprint density at radius 1 is 1.14 bits per heavy atom. The molecule has 1 saturated heterocycles. The molecule has 0 aliphatic carbocycles. The molecule has 2 aromatic heterocycles. The number of hydrogen-bond acceptors (Lipinski definition) is 9. The van der Waals surface area contributed by atoms with Gasteiger partial charge in [0.05, 0.1) is 5.69 Å². The molecule has 148 valence electrons. The Kier molecular flexibility index (Phi) is 4.42. The molecule has 4 rings (SSSR count). The number of thiazole rings is 1. The van der Waals surface area contributed by atoms with Gasteiger partial charge < -0.3 is 14.8 Å². The molecular formula is C19H16N4O5S. The van der Waals surface area contributed by atoms with Gasteiger partial charge in [-0.3, -0.25) is 4.79 Å². The number of cyclic esters (lactones) is 2. The van der Waals surface area contributed by atoms with Crippen molar-refractivity contribution in [2.45, 2.75) is 26.6 Å². The molecule has 0 atom stereocenters. The lowest BCUT2D eigenvalue weighted by molar-refractivity contribution is -0.222. The summed E-state index contributed by atoms with van der Waals surface area (Å²) in [6, 6.07) is 6.87. The van der Waals surface area contributed by atoms with Crippen molar-refractivity contribution in [1.29, 1.82) is 0 Å². The highest BCUT2D eigenvalue weighted by Gasteiger charge is 2.39. The van der Waals surface area contributed by atoms with E-state index in [1.54, 1.807) is 28.8 Å². The van der Waals surface area contributed by atoms with Crippen LogP contribution in [0.3, 0.4) is 0 Å². The van der Waals surface area contributed by atoms with E-state index >= 15 is 0 Å². The summed E-state index contributed by atoms with van der Waals surface area (Å²) < 4.78 is 11.7. The lowest BCUT2D eigenvalue weighted by atomic mass is 10.1. The average Bonchev–Trinajstić information content (AvgIpc) is 2.99. The van der Waals surface area contributed by atoms with Crippen molar-refractivity contribution in [3.05, 3.63) is 57.5 Å². The first-order chi connectivity index (χ1) is 13.7. The monoisotopic (exact) mass is 412 g/mol. The number of fused-ring (bicyclic) bond motifs is 1. The number of rotatable bonds is 3. The fourth-order valence-corrected chi connectivity index (χ4v) is 3.58. The van der Waals surface area contributed by atoms with E-state index in [9.17, 15) is 14.4 Å². The van der Waals surface area contributed by atoms with Gasteiger partial charge in [0, 0.05) is 36.7 Å². The Morgan fingerprint density at radius 2 is 1.83 bits per heavy atom. The number of nitrogens with one attached hydrogen (secondary N) is 1. The lowest BCUT2D eigenvalue weighted by Gasteiger charge is -2.29. The number of hydrogen-bond donors (Lipinski definition) is 1. The number of carbonyl (C=O) groups excluding carboxylic acids is 2. The van der Waals surface area contributed by atoms with Crippen LogP contribution in [-0.2, 0) is 19.1 Å². The van der Waals surface area contributed by atoms with Crippen LogP contribution in [0.15, 0.2) is 46.2 Å². The van der Waals surface area contributed by atoms with Crippen LogP contribution in [-0.4, -0.2) is 32.3 Å². The van der Waals surface area contributed by atoms with Crippen molar-refractivity contribution in [3.8, 4) is 11.3 Å². The highest BCUT2D eigenvalue weighted by molar-refractivity contribution is 7.15. The number of ether oxygens (including phenoxy) is 2. The van der Waals surface area contributed by atoms with Crippen molar-refractivity contribution in [2.75, 3.05) is 5.32 Å². The quantitative estimate of drug-likeness (QED) is 0.396.